The van der Waals surface area contributed by atoms with E-state index in [2.05, 4.69) is 9.98 Å². The summed E-state index contributed by atoms with van der Waals surface area (Å²) in [4.78, 5) is 22.0. The minimum Gasteiger partial charge on any atom is -0.475 e. The second-order valence-corrected chi connectivity index (χ2v) is 8.16. The number of hydrogen-bond acceptors (Lipinski definition) is 5. The van der Waals surface area contributed by atoms with Gasteiger partial charge in [0.25, 0.3) is 0 Å². The lowest BCUT2D eigenvalue weighted by molar-refractivity contribution is -0.151. The number of nitrogens with zero attached hydrogens (tertiary/aromatic N) is 2. The Kier molecular flexibility index (Phi) is 6.91. The Hall–Kier alpha value is -2.90. The van der Waals surface area contributed by atoms with Crippen molar-refractivity contribution < 1.29 is 27.4 Å². The predicted octanol–water partition coefficient (Wildman–Crippen LogP) is 6.08. The molecule has 3 rings (SSSR count). The van der Waals surface area contributed by atoms with Crippen LogP contribution < -0.4 is 4.74 Å². The van der Waals surface area contributed by atoms with Crippen molar-refractivity contribution in [3.8, 4) is 5.88 Å². The zero-order valence-corrected chi connectivity index (χ0v) is 18.7. The number of carbonyl (C=O) groups excluding carboxylic acids is 1. The van der Waals surface area contributed by atoms with Gasteiger partial charge in [-0.3, -0.25) is 9.79 Å². The highest BCUT2D eigenvalue weighted by molar-refractivity contribution is 6.05. The number of aliphatic imine (C=N–C) groups is 1. The van der Waals surface area contributed by atoms with Gasteiger partial charge >= 0.3 is 12.1 Å². The summed E-state index contributed by atoms with van der Waals surface area (Å²) < 4.78 is 53.4. The summed E-state index contributed by atoms with van der Waals surface area (Å²) in [5, 5.41) is 0. The van der Waals surface area contributed by atoms with Crippen molar-refractivity contribution in [2.75, 3.05) is 0 Å². The van der Waals surface area contributed by atoms with Gasteiger partial charge in [-0.25, -0.2) is 4.98 Å². The fraction of sp³-hybridized carbons (Fsp3) is 0.458. The van der Waals surface area contributed by atoms with Gasteiger partial charge in [0.05, 0.1) is 23.5 Å². The van der Waals surface area contributed by atoms with Crippen LogP contribution in [0.1, 0.15) is 63.6 Å². The number of benzene rings is 1. The summed E-state index contributed by atoms with van der Waals surface area (Å²) in [6, 6.07) is 6.89. The molecular weight excluding hydrogens is 421 g/mol. The minimum absolute atomic E-state index is 0.0387. The van der Waals surface area contributed by atoms with Gasteiger partial charge in [-0.15, -0.1) is 0 Å². The molecule has 5 nitrogen and oxygen atoms in total. The number of ether oxygens (including phenoxy) is 2. The SMILES string of the molecule is CCC(C)OC(=O)C1C(C)=Nc2ccnc(OC(C)C)c2[C@H]1c1ccccc1C(F)(F)F. The Morgan fingerprint density at radius 1 is 1.16 bits per heavy atom. The van der Waals surface area contributed by atoms with Crippen molar-refractivity contribution in [3.63, 3.8) is 0 Å². The average molecular weight is 448 g/mol. The minimum atomic E-state index is -4.61. The molecule has 0 N–H and O–H groups in total. The van der Waals surface area contributed by atoms with Crippen molar-refractivity contribution in [1.82, 2.24) is 4.98 Å². The average Bonchev–Trinajstić information content (AvgIpc) is 2.71. The number of halogens is 3. The first-order valence-corrected chi connectivity index (χ1v) is 10.6. The van der Waals surface area contributed by atoms with E-state index in [0.29, 0.717) is 23.4 Å². The summed E-state index contributed by atoms with van der Waals surface area (Å²) in [5.41, 5.74) is 0.321. The van der Waals surface area contributed by atoms with Crippen molar-refractivity contribution in [1.29, 1.82) is 0 Å². The molecule has 0 bridgehead atoms. The first kappa shape index (κ1) is 23.8. The lowest BCUT2D eigenvalue weighted by Gasteiger charge is -2.34. The molecule has 3 atom stereocenters. The van der Waals surface area contributed by atoms with Crippen LogP contribution in [0.4, 0.5) is 18.9 Å². The van der Waals surface area contributed by atoms with Crippen molar-refractivity contribution in [2.24, 2.45) is 10.9 Å². The van der Waals surface area contributed by atoms with E-state index >= 15 is 0 Å². The van der Waals surface area contributed by atoms with Crippen LogP contribution in [0.5, 0.6) is 5.88 Å². The van der Waals surface area contributed by atoms with Gasteiger partial charge in [-0.2, -0.15) is 13.2 Å². The molecule has 0 spiro atoms. The highest BCUT2D eigenvalue weighted by atomic mass is 19.4. The molecule has 0 fully saturated rings. The van der Waals surface area contributed by atoms with E-state index in [1.807, 2.05) is 6.92 Å². The maximum Gasteiger partial charge on any atom is 0.416 e. The van der Waals surface area contributed by atoms with Crippen LogP contribution in [0, 0.1) is 5.92 Å². The molecule has 8 heteroatoms. The quantitative estimate of drug-likeness (QED) is 0.502. The van der Waals surface area contributed by atoms with Gasteiger partial charge in [0.1, 0.15) is 5.92 Å². The van der Waals surface area contributed by atoms with Crippen molar-refractivity contribution in [2.45, 2.75) is 65.3 Å². The summed E-state index contributed by atoms with van der Waals surface area (Å²) in [6.07, 6.45) is -3.18. The molecule has 0 amide bonds. The lowest BCUT2D eigenvalue weighted by Crippen LogP contribution is -2.36. The van der Waals surface area contributed by atoms with E-state index < -0.39 is 29.5 Å². The van der Waals surface area contributed by atoms with Gasteiger partial charge in [0.15, 0.2) is 0 Å². The molecule has 1 aliphatic rings. The first-order valence-electron chi connectivity index (χ1n) is 10.6. The molecule has 2 aromatic rings. The van der Waals surface area contributed by atoms with Crippen LogP contribution in [0.2, 0.25) is 0 Å². The molecule has 0 saturated carbocycles. The van der Waals surface area contributed by atoms with Crippen LogP contribution in [0.3, 0.4) is 0 Å². The Bertz CT molecular complexity index is 1020. The Balaban J connectivity index is 2.29. The predicted molar refractivity (Wildman–Crippen MR) is 115 cm³/mol. The van der Waals surface area contributed by atoms with Crippen molar-refractivity contribution in [3.05, 3.63) is 53.2 Å². The molecule has 1 aromatic heterocycles. The number of hydrogen-bond donors (Lipinski definition) is 0. The molecule has 0 radical (unpaired) electrons. The second-order valence-electron chi connectivity index (χ2n) is 8.16. The Morgan fingerprint density at radius 2 is 1.84 bits per heavy atom. The van der Waals surface area contributed by atoms with Gasteiger partial charge in [0, 0.05) is 23.4 Å². The number of alkyl halides is 3. The third kappa shape index (κ3) is 4.79. The molecule has 1 aliphatic heterocycles. The van der Waals surface area contributed by atoms with E-state index in [0.717, 1.165) is 6.07 Å². The van der Waals surface area contributed by atoms with Crippen molar-refractivity contribution >= 4 is 17.4 Å². The maximum atomic E-state index is 14.0. The zero-order valence-electron chi connectivity index (χ0n) is 18.7. The Labute approximate surface area is 185 Å². The lowest BCUT2D eigenvalue weighted by atomic mass is 9.74. The largest absolute Gasteiger partial charge is 0.475 e. The molecular formula is C24H27F3N2O3. The molecule has 2 heterocycles. The van der Waals surface area contributed by atoms with Crippen LogP contribution >= 0.6 is 0 Å². The smallest absolute Gasteiger partial charge is 0.416 e. The number of esters is 1. The topological polar surface area (TPSA) is 60.8 Å². The van der Waals surface area contributed by atoms with E-state index in [4.69, 9.17) is 9.47 Å². The molecule has 0 aliphatic carbocycles. The van der Waals surface area contributed by atoms with E-state index in [1.165, 1.54) is 24.4 Å². The highest BCUT2D eigenvalue weighted by Gasteiger charge is 2.45. The van der Waals surface area contributed by atoms with Crippen LogP contribution in [0.15, 0.2) is 41.5 Å². The van der Waals surface area contributed by atoms with E-state index in [1.54, 1.807) is 33.8 Å². The number of aromatic nitrogens is 1. The molecule has 2 unspecified atom stereocenters. The molecule has 172 valence electrons. The number of fused-ring (bicyclic) bond motifs is 1. The molecule has 1 aromatic carbocycles. The number of carbonyl (C=O) groups is 1. The van der Waals surface area contributed by atoms with Gasteiger partial charge in [-0.05, 0) is 51.8 Å². The number of rotatable bonds is 6. The van der Waals surface area contributed by atoms with Gasteiger partial charge < -0.3 is 9.47 Å². The normalized spacial score (nSPS) is 19.2. The zero-order chi connectivity index (χ0) is 23.6. The summed E-state index contributed by atoms with van der Waals surface area (Å²) in [7, 11) is 0. The van der Waals surface area contributed by atoms with Crippen LogP contribution in [0.25, 0.3) is 0 Å². The van der Waals surface area contributed by atoms with Gasteiger partial charge in [-0.1, -0.05) is 25.1 Å². The van der Waals surface area contributed by atoms with Crippen LogP contribution in [-0.2, 0) is 15.7 Å². The fourth-order valence-electron chi connectivity index (χ4n) is 3.84. The van der Waals surface area contributed by atoms with E-state index in [-0.39, 0.29) is 23.7 Å². The third-order valence-electron chi connectivity index (χ3n) is 5.42. The standard InChI is InChI=1S/C24H27F3N2O3/c1-6-14(4)32-23(30)19-15(5)29-18-11-12-28-22(31-13(2)3)21(18)20(19)16-9-7-8-10-17(16)24(25,26)27/h7-14,19-20H,6H2,1-5H3/t14?,19?,20-/m0/s1. The highest BCUT2D eigenvalue weighted by Crippen LogP contribution is 2.49. The Morgan fingerprint density at radius 3 is 2.47 bits per heavy atom. The van der Waals surface area contributed by atoms with Gasteiger partial charge in [0.2, 0.25) is 5.88 Å². The summed E-state index contributed by atoms with van der Waals surface area (Å²) >= 11 is 0. The summed E-state index contributed by atoms with van der Waals surface area (Å²) in [6.45, 7) is 8.84. The molecule has 0 saturated heterocycles. The van der Waals surface area contributed by atoms with Crippen LogP contribution in [-0.4, -0.2) is 28.9 Å². The fourth-order valence-corrected chi connectivity index (χ4v) is 3.84. The first-order chi connectivity index (χ1) is 15.0. The maximum absolute atomic E-state index is 14.0. The van der Waals surface area contributed by atoms with E-state index in [9.17, 15) is 18.0 Å². The summed E-state index contributed by atoms with van der Waals surface area (Å²) in [5.74, 6) is -2.51. The third-order valence-corrected chi connectivity index (χ3v) is 5.42. The molecule has 32 heavy (non-hydrogen) atoms. The second kappa shape index (κ2) is 9.30. The monoisotopic (exact) mass is 448 g/mol. The number of pyridine rings is 1.